The molecule has 37 heavy (non-hydrogen) atoms. The van der Waals surface area contributed by atoms with Crippen LogP contribution in [0.25, 0.3) is 11.2 Å². The fourth-order valence-corrected chi connectivity index (χ4v) is 4.39. The summed E-state index contributed by atoms with van der Waals surface area (Å²) in [4.78, 5) is 24.1. The number of aromatic nitrogens is 4. The minimum atomic E-state index is -0.302. The molecule has 0 fully saturated rings. The monoisotopic (exact) mass is 501 g/mol. The Bertz CT molecular complexity index is 1460. The van der Waals surface area contributed by atoms with Crippen LogP contribution in [-0.2, 0) is 24.1 Å². The number of methoxy groups -OCH3 is 1. The van der Waals surface area contributed by atoms with Crippen molar-refractivity contribution < 1.29 is 14.2 Å². The number of nitrogens with two attached hydrogens (primary N) is 1. The van der Waals surface area contributed by atoms with Crippen LogP contribution in [0.4, 0.5) is 5.82 Å². The van der Waals surface area contributed by atoms with Crippen molar-refractivity contribution in [1.29, 1.82) is 0 Å². The van der Waals surface area contributed by atoms with Crippen LogP contribution in [0.2, 0.25) is 0 Å². The number of H-pyrrole nitrogens is 1. The predicted octanol–water partition coefficient (Wildman–Crippen LogP) is 4.39. The highest BCUT2D eigenvalue weighted by Gasteiger charge is 2.16. The van der Waals surface area contributed by atoms with E-state index >= 15 is 0 Å². The van der Waals surface area contributed by atoms with Gasteiger partial charge < -0.3 is 24.9 Å². The van der Waals surface area contributed by atoms with Gasteiger partial charge in [-0.15, -0.1) is 0 Å². The van der Waals surface area contributed by atoms with Gasteiger partial charge in [-0.25, -0.2) is 4.79 Å². The molecule has 4 bridgehead atoms. The van der Waals surface area contributed by atoms with Crippen LogP contribution in [0.15, 0.2) is 59.4 Å². The number of aryl methyl sites for hydroxylation is 1. The average molecular weight is 502 g/mol. The van der Waals surface area contributed by atoms with Crippen molar-refractivity contribution in [2.24, 2.45) is 0 Å². The average Bonchev–Trinajstić information content (AvgIpc) is 3.21. The highest BCUT2D eigenvalue weighted by atomic mass is 16.5. The minimum Gasteiger partial charge on any atom is -0.463 e. The lowest BCUT2D eigenvalue weighted by Gasteiger charge is -2.14. The third-order valence-electron chi connectivity index (χ3n) is 6.33. The Labute approximate surface area is 214 Å². The molecule has 9 heteroatoms. The summed E-state index contributed by atoms with van der Waals surface area (Å²) in [6, 6.07) is 14.4. The van der Waals surface area contributed by atoms with Gasteiger partial charge in [-0.3, -0.25) is 4.57 Å². The van der Waals surface area contributed by atoms with Crippen LogP contribution >= 0.6 is 0 Å². The lowest BCUT2D eigenvalue weighted by Crippen LogP contribution is -2.18. The number of nitrogens with one attached hydrogen (secondary N) is 1. The Kier molecular flexibility index (Phi) is 7.51. The van der Waals surface area contributed by atoms with Gasteiger partial charge in [0.25, 0.3) is 0 Å². The molecule has 0 saturated carbocycles. The van der Waals surface area contributed by atoms with Crippen LogP contribution < -0.4 is 20.9 Å². The largest absolute Gasteiger partial charge is 0.463 e. The molecular formula is C28H31N5O4. The number of nitrogens with zero attached hydrogens (tertiary/aromatic N) is 3. The number of rotatable bonds is 7. The number of anilines is 1. The second-order valence-electron chi connectivity index (χ2n) is 9.06. The van der Waals surface area contributed by atoms with Crippen LogP contribution in [-0.4, -0.2) is 39.8 Å². The highest BCUT2D eigenvalue weighted by molar-refractivity contribution is 5.82. The Morgan fingerprint density at radius 3 is 2.81 bits per heavy atom. The first-order chi connectivity index (χ1) is 18.1. The third kappa shape index (κ3) is 5.83. The smallest absolute Gasteiger partial charge is 0.328 e. The van der Waals surface area contributed by atoms with Crippen LogP contribution in [0.5, 0.6) is 17.5 Å². The number of ether oxygens (including phenoxy) is 3. The molecule has 4 aromatic rings. The molecule has 0 atom stereocenters. The van der Waals surface area contributed by atoms with E-state index in [0.29, 0.717) is 37.2 Å². The van der Waals surface area contributed by atoms with Gasteiger partial charge in [-0.05, 0) is 73.1 Å². The number of aromatic amines is 1. The number of benzene rings is 2. The number of hydrogen-bond acceptors (Lipinski definition) is 7. The van der Waals surface area contributed by atoms with Gasteiger partial charge in [0.05, 0.1) is 13.2 Å². The molecule has 9 nitrogen and oxygen atoms in total. The Balaban J connectivity index is 1.41. The number of imidazole rings is 1. The van der Waals surface area contributed by atoms with Gasteiger partial charge in [-0.1, -0.05) is 30.4 Å². The molecule has 0 spiro atoms. The van der Waals surface area contributed by atoms with Crippen molar-refractivity contribution in [3.8, 4) is 17.5 Å². The SMILES string of the molecule is COCCCCc1ccc(Oc2ccc3cc2C/C=C/CCOc2nc(N)c4[nH]c(=O)n(c4n2)C3)cc1. The van der Waals surface area contributed by atoms with Crippen molar-refractivity contribution in [3.63, 3.8) is 0 Å². The van der Waals surface area contributed by atoms with E-state index in [0.717, 1.165) is 48.5 Å². The van der Waals surface area contributed by atoms with E-state index < -0.39 is 0 Å². The van der Waals surface area contributed by atoms with E-state index in [4.69, 9.17) is 19.9 Å². The molecule has 3 heterocycles. The van der Waals surface area contributed by atoms with E-state index in [2.05, 4.69) is 45.3 Å². The molecule has 0 radical (unpaired) electrons. The lowest BCUT2D eigenvalue weighted by atomic mass is 10.1. The summed E-state index contributed by atoms with van der Waals surface area (Å²) in [6.45, 7) is 1.51. The quantitative estimate of drug-likeness (QED) is 0.285. The van der Waals surface area contributed by atoms with Gasteiger partial charge in [0, 0.05) is 13.7 Å². The maximum atomic E-state index is 12.7. The Morgan fingerprint density at radius 2 is 1.97 bits per heavy atom. The fraction of sp³-hybridized carbons (Fsp3) is 0.321. The third-order valence-corrected chi connectivity index (χ3v) is 6.33. The van der Waals surface area contributed by atoms with Crippen LogP contribution in [0.1, 0.15) is 36.0 Å². The second-order valence-corrected chi connectivity index (χ2v) is 9.06. The van der Waals surface area contributed by atoms with E-state index in [1.54, 1.807) is 11.7 Å². The number of hydrogen-bond donors (Lipinski definition) is 2. The van der Waals surface area contributed by atoms with Gasteiger partial charge >= 0.3 is 11.7 Å². The van der Waals surface area contributed by atoms with E-state index in [1.807, 2.05) is 24.3 Å². The van der Waals surface area contributed by atoms with Crippen LogP contribution in [0, 0.1) is 0 Å². The van der Waals surface area contributed by atoms with Gasteiger partial charge in [0.2, 0.25) is 0 Å². The molecule has 3 N–H and O–H groups in total. The first-order valence-corrected chi connectivity index (χ1v) is 12.5. The molecule has 0 amide bonds. The molecule has 0 unspecified atom stereocenters. The summed E-state index contributed by atoms with van der Waals surface area (Å²) in [6.07, 6.45) is 8.69. The molecule has 192 valence electrons. The summed E-state index contributed by atoms with van der Waals surface area (Å²) < 4.78 is 18.6. The number of nitrogen functional groups attached to an aromatic ring is 1. The van der Waals surface area contributed by atoms with Crippen molar-refractivity contribution in [2.75, 3.05) is 26.1 Å². The summed E-state index contributed by atoms with van der Waals surface area (Å²) in [5, 5.41) is 0. The zero-order valence-electron chi connectivity index (χ0n) is 20.9. The molecule has 2 aromatic carbocycles. The normalized spacial score (nSPS) is 14.3. The first kappa shape index (κ1) is 24.6. The number of fused-ring (bicyclic) bond motifs is 3. The molecular weight excluding hydrogens is 470 g/mol. The molecule has 2 aromatic heterocycles. The van der Waals surface area contributed by atoms with E-state index in [9.17, 15) is 4.79 Å². The molecule has 1 aliphatic heterocycles. The number of allylic oxidation sites excluding steroid dienone is 1. The summed E-state index contributed by atoms with van der Waals surface area (Å²) in [5.41, 5.74) is 9.84. The number of unbranched alkanes of at least 4 members (excludes halogenated alkanes) is 1. The maximum Gasteiger partial charge on any atom is 0.328 e. The van der Waals surface area contributed by atoms with Gasteiger partial charge in [0.1, 0.15) is 17.0 Å². The van der Waals surface area contributed by atoms with Crippen molar-refractivity contribution >= 4 is 17.0 Å². The zero-order chi connectivity index (χ0) is 25.6. The fourth-order valence-electron chi connectivity index (χ4n) is 4.39. The first-order valence-electron chi connectivity index (χ1n) is 12.5. The van der Waals surface area contributed by atoms with Gasteiger partial charge in [0.15, 0.2) is 11.5 Å². The van der Waals surface area contributed by atoms with E-state index in [-0.39, 0.29) is 17.5 Å². The zero-order valence-corrected chi connectivity index (χ0v) is 20.9. The van der Waals surface area contributed by atoms with Gasteiger partial charge in [-0.2, -0.15) is 9.97 Å². The lowest BCUT2D eigenvalue weighted by molar-refractivity contribution is 0.193. The maximum absolute atomic E-state index is 12.7. The molecule has 5 rings (SSSR count). The van der Waals surface area contributed by atoms with Crippen molar-refractivity contribution in [3.05, 3.63) is 81.8 Å². The molecule has 1 aliphatic rings. The van der Waals surface area contributed by atoms with E-state index in [1.165, 1.54) is 5.56 Å². The summed E-state index contributed by atoms with van der Waals surface area (Å²) >= 11 is 0. The van der Waals surface area contributed by atoms with Crippen molar-refractivity contribution in [1.82, 2.24) is 19.5 Å². The second kappa shape index (κ2) is 11.3. The summed E-state index contributed by atoms with van der Waals surface area (Å²) in [5.74, 6) is 1.75. The molecule has 0 aliphatic carbocycles. The van der Waals surface area contributed by atoms with Crippen LogP contribution in [0.3, 0.4) is 0 Å². The Morgan fingerprint density at radius 1 is 1.11 bits per heavy atom. The highest BCUT2D eigenvalue weighted by Crippen LogP contribution is 2.29. The topological polar surface area (TPSA) is 117 Å². The van der Waals surface area contributed by atoms with Crippen molar-refractivity contribution in [2.45, 2.75) is 38.6 Å². The minimum absolute atomic E-state index is 0.161. The Hall–Kier alpha value is -4.11. The summed E-state index contributed by atoms with van der Waals surface area (Å²) in [7, 11) is 1.73. The molecule has 0 saturated heterocycles. The standard InChI is InChI=1S/C28H31N5O4/c1-35-15-6-4-7-19-9-12-22(13-10-19)37-23-14-11-20-17-21(23)8-3-2-5-16-36-27-31-25(29)24-26(32-27)33(18-20)28(34)30-24/h2-3,9-14,17H,4-8,15-16,18H2,1H3,(H,30,34)(H2,29,31,32)/b3-2+. The predicted molar refractivity (Wildman–Crippen MR) is 142 cm³/mol.